The van der Waals surface area contributed by atoms with Gasteiger partial charge in [0, 0.05) is 12.1 Å². The Hall–Kier alpha value is -1.36. The summed E-state index contributed by atoms with van der Waals surface area (Å²) in [7, 11) is 0. The van der Waals surface area contributed by atoms with Crippen LogP contribution < -0.4 is 16.6 Å². The molecule has 0 amide bonds. The number of nitrogens with two attached hydrogens (primary N) is 1. The average Bonchev–Trinajstić information content (AvgIpc) is 2.48. The summed E-state index contributed by atoms with van der Waals surface area (Å²) in [6.07, 6.45) is 8.91. The molecule has 0 aromatic carbocycles. The van der Waals surface area contributed by atoms with Crippen molar-refractivity contribution in [3.8, 4) is 0 Å². The fraction of sp³-hybridized carbons (Fsp3) is 0.733. The van der Waals surface area contributed by atoms with Crippen LogP contribution in [0.25, 0.3) is 0 Å². The van der Waals surface area contributed by atoms with Crippen molar-refractivity contribution in [2.24, 2.45) is 17.7 Å². The van der Waals surface area contributed by atoms with Crippen molar-refractivity contribution in [1.29, 1.82) is 0 Å². The standard InChI is InChI=1S/C15H27N5/c1-3-4-13-14(18-10-19-15(13)20-16)17-9-12-7-5-11(2)6-8-12/h10-12H,3-9,16H2,1-2H3,(H2,17,18,19,20). The second-order valence-corrected chi connectivity index (χ2v) is 5.95. The molecule has 0 unspecified atom stereocenters. The van der Waals surface area contributed by atoms with Crippen LogP contribution in [-0.2, 0) is 6.42 Å². The van der Waals surface area contributed by atoms with Gasteiger partial charge in [0.15, 0.2) is 0 Å². The molecule has 1 aliphatic carbocycles. The number of nitrogen functional groups attached to an aromatic ring is 1. The molecule has 2 rings (SSSR count). The third kappa shape index (κ3) is 3.82. The van der Waals surface area contributed by atoms with Gasteiger partial charge in [-0.15, -0.1) is 0 Å². The minimum Gasteiger partial charge on any atom is -0.369 e. The van der Waals surface area contributed by atoms with Gasteiger partial charge in [0.1, 0.15) is 18.0 Å². The molecule has 1 heterocycles. The topological polar surface area (TPSA) is 75.9 Å². The van der Waals surface area contributed by atoms with Gasteiger partial charge >= 0.3 is 0 Å². The van der Waals surface area contributed by atoms with Gasteiger partial charge in [-0.05, 0) is 31.1 Å². The summed E-state index contributed by atoms with van der Waals surface area (Å²) in [6, 6.07) is 0. The molecule has 1 aliphatic rings. The van der Waals surface area contributed by atoms with Gasteiger partial charge in [0.2, 0.25) is 0 Å². The lowest BCUT2D eigenvalue weighted by molar-refractivity contribution is 0.300. The summed E-state index contributed by atoms with van der Waals surface area (Å²) in [6.45, 7) is 5.51. The van der Waals surface area contributed by atoms with Crippen LogP contribution in [0.15, 0.2) is 6.33 Å². The van der Waals surface area contributed by atoms with Crippen LogP contribution in [-0.4, -0.2) is 16.5 Å². The zero-order valence-corrected chi connectivity index (χ0v) is 12.7. The molecule has 0 atom stereocenters. The maximum absolute atomic E-state index is 5.54. The van der Waals surface area contributed by atoms with E-state index in [9.17, 15) is 0 Å². The smallest absolute Gasteiger partial charge is 0.148 e. The third-order valence-electron chi connectivity index (χ3n) is 4.28. The Kier molecular flexibility index (Phi) is 5.59. The van der Waals surface area contributed by atoms with E-state index in [1.54, 1.807) is 6.33 Å². The van der Waals surface area contributed by atoms with Gasteiger partial charge in [-0.25, -0.2) is 15.8 Å². The number of anilines is 2. The zero-order valence-electron chi connectivity index (χ0n) is 12.7. The fourth-order valence-electron chi connectivity index (χ4n) is 2.95. The van der Waals surface area contributed by atoms with E-state index >= 15 is 0 Å². The minimum atomic E-state index is 0.738. The van der Waals surface area contributed by atoms with E-state index in [0.29, 0.717) is 0 Å². The van der Waals surface area contributed by atoms with Crippen molar-refractivity contribution in [3.05, 3.63) is 11.9 Å². The van der Waals surface area contributed by atoms with E-state index in [-0.39, 0.29) is 0 Å². The first-order valence-electron chi connectivity index (χ1n) is 7.79. The van der Waals surface area contributed by atoms with Gasteiger partial charge in [-0.2, -0.15) is 0 Å². The Balaban J connectivity index is 1.98. The van der Waals surface area contributed by atoms with E-state index in [4.69, 9.17) is 5.84 Å². The number of rotatable bonds is 6. The molecule has 4 N–H and O–H groups in total. The van der Waals surface area contributed by atoms with Crippen molar-refractivity contribution < 1.29 is 0 Å². The molecule has 0 radical (unpaired) electrons. The van der Waals surface area contributed by atoms with E-state index in [1.165, 1.54) is 25.7 Å². The Morgan fingerprint density at radius 3 is 2.55 bits per heavy atom. The highest BCUT2D eigenvalue weighted by Crippen LogP contribution is 2.29. The average molecular weight is 277 g/mol. The van der Waals surface area contributed by atoms with Crippen LogP contribution in [0.5, 0.6) is 0 Å². The molecule has 112 valence electrons. The molecule has 0 bridgehead atoms. The molecule has 1 saturated carbocycles. The quantitative estimate of drug-likeness (QED) is 0.550. The summed E-state index contributed by atoms with van der Waals surface area (Å²) < 4.78 is 0. The molecule has 5 nitrogen and oxygen atoms in total. The van der Waals surface area contributed by atoms with Crippen LogP contribution in [0.2, 0.25) is 0 Å². The van der Waals surface area contributed by atoms with Crippen LogP contribution in [0.3, 0.4) is 0 Å². The lowest BCUT2D eigenvalue weighted by Crippen LogP contribution is -2.22. The lowest BCUT2D eigenvalue weighted by Gasteiger charge is -2.26. The summed E-state index contributed by atoms with van der Waals surface area (Å²) in [4.78, 5) is 8.58. The predicted octanol–water partition coefficient (Wildman–Crippen LogP) is 2.95. The van der Waals surface area contributed by atoms with Gasteiger partial charge < -0.3 is 10.7 Å². The molecular weight excluding hydrogens is 250 g/mol. The molecule has 0 saturated heterocycles. The Morgan fingerprint density at radius 1 is 1.20 bits per heavy atom. The highest BCUT2D eigenvalue weighted by atomic mass is 15.3. The maximum atomic E-state index is 5.54. The van der Waals surface area contributed by atoms with E-state index < -0.39 is 0 Å². The number of nitrogens with one attached hydrogen (secondary N) is 2. The van der Waals surface area contributed by atoms with Crippen molar-refractivity contribution in [3.63, 3.8) is 0 Å². The van der Waals surface area contributed by atoms with Crippen LogP contribution >= 0.6 is 0 Å². The van der Waals surface area contributed by atoms with E-state index in [2.05, 4.69) is 34.6 Å². The van der Waals surface area contributed by atoms with Crippen molar-refractivity contribution in [2.45, 2.75) is 52.4 Å². The molecule has 0 aliphatic heterocycles. The zero-order chi connectivity index (χ0) is 14.4. The second kappa shape index (κ2) is 7.43. The molecule has 1 fully saturated rings. The van der Waals surface area contributed by atoms with Crippen molar-refractivity contribution >= 4 is 11.6 Å². The van der Waals surface area contributed by atoms with Gasteiger partial charge in [0.25, 0.3) is 0 Å². The molecular formula is C15H27N5. The summed E-state index contributed by atoms with van der Waals surface area (Å²) in [5, 5.41) is 3.51. The van der Waals surface area contributed by atoms with Crippen LogP contribution in [0, 0.1) is 11.8 Å². The monoisotopic (exact) mass is 277 g/mol. The number of hydrazine groups is 1. The Bertz CT molecular complexity index is 413. The molecule has 1 aromatic rings. The summed E-state index contributed by atoms with van der Waals surface area (Å²) in [5.74, 6) is 8.88. The van der Waals surface area contributed by atoms with Gasteiger partial charge in [-0.1, -0.05) is 33.1 Å². The lowest BCUT2D eigenvalue weighted by atomic mass is 9.83. The fourth-order valence-corrected chi connectivity index (χ4v) is 2.95. The molecule has 1 aromatic heterocycles. The number of hydrogen-bond donors (Lipinski definition) is 3. The summed E-state index contributed by atoms with van der Waals surface area (Å²) in [5.41, 5.74) is 3.77. The number of nitrogens with zero attached hydrogens (tertiary/aromatic N) is 2. The highest BCUT2D eigenvalue weighted by Gasteiger charge is 2.19. The van der Waals surface area contributed by atoms with E-state index in [1.807, 2.05) is 0 Å². The van der Waals surface area contributed by atoms with Crippen molar-refractivity contribution in [2.75, 3.05) is 17.3 Å². The summed E-state index contributed by atoms with van der Waals surface area (Å²) >= 11 is 0. The first-order chi connectivity index (χ1) is 9.74. The number of aromatic nitrogens is 2. The normalized spacial score (nSPS) is 22.6. The van der Waals surface area contributed by atoms with Gasteiger partial charge in [0.05, 0.1) is 0 Å². The highest BCUT2D eigenvalue weighted by molar-refractivity contribution is 5.56. The minimum absolute atomic E-state index is 0.738. The largest absolute Gasteiger partial charge is 0.369 e. The van der Waals surface area contributed by atoms with Crippen LogP contribution in [0.4, 0.5) is 11.6 Å². The third-order valence-corrected chi connectivity index (χ3v) is 4.28. The second-order valence-electron chi connectivity index (χ2n) is 5.95. The first kappa shape index (κ1) is 15.0. The molecule has 5 heteroatoms. The maximum Gasteiger partial charge on any atom is 0.148 e. The van der Waals surface area contributed by atoms with Crippen LogP contribution in [0.1, 0.15) is 51.5 Å². The Labute approximate surface area is 121 Å². The van der Waals surface area contributed by atoms with Crippen molar-refractivity contribution in [1.82, 2.24) is 9.97 Å². The SMILES string of the molecule is CCCc1c(NN)ncnc1NCC1CCC(C)CC1. The van der Waals surface area contributed by atoms with Gasteiger partial charge in [-0.3, -0.25) is 0 Å². The number of hydrogen-bond acceptors (Lipinski definition) is 5. The molecule has 20 heavy (non-hydrogen) atoms. The molecule has 0 spiro atoms. The first-order valence-corrected chi connectivity index (χ1v) is 7.79. The Morgan fingerprint density at radius 2 is 1.90 bits per heavy atom. The predicted molar refractivity (Wildman–Crippen MR) is 83.4 cm³/mol. The van der Waals surface area contributed by atoms with E-state index in [0.717, 1.165) is 48.4 Å².